The fraction of sp³-hybridized carbons (Fsp3) is 0.263. The van der Waals surface area contributed by atoms with E-state index in [1.54, 1.807) is 31.2 Å². The summed E-state index contributed by atoms with van der Waals surface area (Å²) in [4.78, 5) is 12.6. The first-order valence-electron chi connectivity index (χ1n) is 7.88. The molecule has 0 unspecified atom stereocenters. The first-order chi connectivity index (χ1) is 12.0. The summed E-state index contributed by atoms with van der Waals surface area (Å²) in [6.07, 6.45) is 6.90. The molecule has 0 aliphatic rings. The number of aromatic hydroxyl groups is 1. The molecule has 1 N–H and O–H groups in total. The summed E-state index contributed by atoms with van der Waals surface area (Å²) in [6, 6.07) is 8.81. The quantitative estimate of drug-likeness (QED) is 0.663. The highest BCUT2D eigenvalue weighted by molar-refractivity contribution is 5.57. The average Bonchev–Trinajstić information content (AvgIpc) is 2.62. The van der Waals surface area contributed by atoms with Gasteiger partial charge in [0.1, 0.15) is 11.6 Å². The van der Waals surface area contributed by atoms with Crippen LogP contribution >= 0.6 is 0 Å². The molecule has 0 fully saturated rings. The van der Waals surface area contributed by atoms with E-state index >= 15 is 0 Å². The molecule has 0 saturated carbocycles. The van der Waals surface area contributed by atoms with E-state index in [1.165, 1.54) is 4.57 Å². The van der Waals surface area contributed by atoms with Gasteiger partial charge in [-0.1, -0.05) is 25.3 Å². The number of nitriles is 1. The number of benzene rings is 1. The van der Waals surface area contributed by atoms with Gasteiger partial charge in [-0.15, -0.1) is 11.5 Å². The average molecular weight is 334 g/mol. The van der Waals surface area contributed by atoms with Gasteiger partial charge in [0, 0.05) is 17.7 Å². The van der Waals surface area contributed by atoms with E-state index in [4.69, 9.17) is 6.42 Å². The van der Waals surface area contributed by atoms with Crippen LogP contribution in [-0.2, 0) is 6.54 Å². The normalized spacial score (nSPS) is 10.6. The first-order valence-corrected chi connectivity index (χ1v) is 7.88. The molecule has 2 aromatic rings. The van der Waals surface area contributed by atoms with Crippen molar-refractivity contribution in [2.45, 2.75) is 33.2 Å². The van der Waals surface area contributed by atoms with Crippen molar-refractivity contribution in [2.75, 3.05) is 0 Å². The van der Waals surface area contributed by atoms with Crippen molar-refractivity contribution >= 4 is 11.4 Å². The van der Waals surface area contributed by atoms with Crippen molar-refractivity contribution in [3.8, 4) is 24.3 Å². The molecule has 126 valence electrons. The number of azo groups is 1. The first kappa shape index (κ1) is 18.0. The Hall–Kier alpha value is -3.38. The Labute approximate surface area is 146 Å². The Morgan fingerprint density at radius 1 is 1.36 bits per heavy atom. The molecule has 6 nitrogen and oxygen atoms in total. The minimum atomic E-state index is -0.473. The van der Waals surface area contributed by atoms with Crippen molar-refractivity contribution in [1.29, 1.82) is 5.26 Å². The van der Waals surface area contributed by atoms with Gasteiger partial charge in [-0.2, -0.15) is 10.4 Å². The number of aromatic nitrogens is 1. The zero-order valence-corrected chi connectivity index (χ0v) is 14.2. The van der Waals surface area contributed by atoms with Crippen LogP contribution in [0.3, 0.4) is 0 Å². The van der Waals surface area contributed by atoms with Gasteiger partial charge < -0.3 is 5.11 Å². The van der Waals surface area contributed by atoms with Crippen LogP contribution in [0.15, 0.2) is 39.3 Å². The van der Waals surface area contributed by atoms with Gasteiger partial charge in [0.2, 0.25) is 5.88 Å². The lowest BCUT2D eigenvalue weighted by Crippen LogP contribution is -2.22. The van der Waals surface area contributed by atoms with Crippen LogP contribution < -0.4 is 5.56 Å². The molecule has 25 heavy (non-hydrogen) atoms. The maximum absolute atomic E-state index is 12.6. The maximum atomic E-state index is 12.6. The third kappa shape index (κ3) is 3.76. The fourth-order valence-corrected chi connectivity index (χ4v) is 2.35. The molecule has 2 rings (SSSR count). The molecule has 0 radical (unpaired) electrons. The molecule has 0 spiro atoms. The molecule has 0 aliphatic carbocycles. The van der Waals surface area contributed by atoms with Gasteiger partial charge in [-0.3, -0.25) is 9.36 Å². The van der Waals surface area contributed by atoms with Crippen LogP contribution in [0, 0.1) is 30.6 Å². The van der Waals surface area contributed by atoms with Crippen LogP contribution in [0.1, 0.15) is 36.5 Å². The lowest BCUT2D eigenvalue weighted by Gasteiger charge is -2.12. The highest BCUT2D eigenvalue weighted by Crippen LogP contribution is 2.27. The van der Waals surface area contributed by atoms with Crippen LogP contribution in [-0.4, -0.2) is 9.67 Å². The highest BCUT2D eigenvalue weighted by atomic mass is 16.3. The van der Waals surface area contributed by atoms with E-state index in [0.717, 1.165) is 6.42 Å². The number of hydrogen-bond acceptors (Lipinski definition) is 5. The zero-order chi connectivity index (χ0) is 18.4. The summed E-state index contributed by atoms with van der Waals surface area (Å²) >= 11 is 0. The van der Waals surface area contributed by atoms with Gasteiger partial charge in [0.05, 0.1) is 5.69 Å². The monoisotopic (exact) mass is 334 g/mol. The molecule has 1 heterocycles. The Kier molecular flexibility index (Phi) is 5.71. The van der Waals surface area contributed by atoms with Gasteiger partial charge in [0.15, 0.2) is 5.69 Å². The predicted molar refractivity (Wildman–Crippen MR) is 95.3 cm³/mol. The molecular formula is C19H18N4O2. The second-order valence-corrected chi connectivity index (χ2v) is 5.49. The van der Waals surface area contributed by atoms with Gasteiger partial charge in [-0.25, -0.2) is 0 Å². The zero-order valence-electron chi connectivity index (χ0n) is 14.2. The Bertz CT molecular complexity index is 959. The summed E-state index contributed by atoms with van der Waals surface area (Å²) in [6.45, 7) is 3.85. The lowest BCUT2D eigenvalue weighted by atomic mass is 10.1. The van der Waals surface area contributed by atoms with E-state index in [0.29, 0.717) is 29.8 Å². The van der Waals surface area contributed by atoms with Crippen molar-refractivity contribution in [2.24, 2.45) is 10.2 Å². The lowest BCUT2D eigenvalue weighted by molar-refractivity contribution is 0.399. The predicted octanol–water partition coefficient (Wildman–Crippen LogP) is 3.93. The third-order valence-corrected chi connectivity index (χ3v) is 3.78. The molecule has 0 aliphatic heterocycles. The minimum Gasteiger partial charge on any atom is -0.493 e. The van der Waals surface area contributed by atoms with E-state index in [9.17, 15) is 15.2 Å². The highest BCUT2D eigenvalue weighted by Gasteiger charge is 2.18. The van der Waals surface area contributed by atoms with Crippen LogP contribution in [0.25, 0.3) is 0 Å². The summed E-state index contributed by atoms with van der Waals surface area (Å²) in [5.74, 6) is 2.18. The number of terminal acetylenes is 1. The molecule has 0 atom stereocenters. The largest absolute Gasteiger partial charge is 0.493 e. The summed E-state index contributed by atoms with van der Waals surface area (Å²) < 4.78 is 1.17. The number of hydrogen-bond donors (Lipinski definition) is 1. The number of nitrogens with zero attached hydrogens (tertiary/aromatic N) is 4. The molecule has 0 bridgehead atoms. The van der Waals surface area contributed by atoms with Crippen molar-refractivity contribution in [3.63, 3.8) is 0 Å². The molecule has 0 saturated heterocycles. The second kappa shape index (κ2) is 7.94. The molecule has 1 aromatic carbocycles. The van der Waals surface area contributed by atoms with Crippen molar-refractivity contribution in [1.82, 2.24) is 4.57 Å². The van der Waals surface area contributed by atoms with Gasteiger partial charge in [0.25, 0.3) is 5.56 Å². The standard InChI is InChI=1S/C19H18N4O2/c1-4-6-10-23-18(24)16(12-20)13(3)17(19(23)25)22-21-15-9-7-8-14(5-2)11-15/h2,7-9,11,24H,4,6,10H2,1,3H3. The van der Waals surface area contributed by atoms with E-state index in [2.05, 4.69) is 16.1 Å². The Morgan fingerprint density at radius 3 is 2.76 bits per heavy atom. The van der Waals surface area contributed by atoms with Crippen molar-refractivity contribution in [3.05, 3.63) is 51.3 Å². The van der Waals surface area contributed by atoms with Crippen molar-refractivity contribution < 1.29 is 5.11 Å². The topological polar surface area (TPSA) is 90.7 Å². The minimum absolute atomic E-state index is 0.0297. The summed E-state index contributed by atoms with van der Waals surface area (Å²) in [5.41, 5.74) is 1.05. The van der Waals surface area contributed by atoms with Crippen LogP contribution in [0.2, 0.25) is 0 Å². The second-order valence-electron chi connectivity index (χ2n) is 5.49. The van der Waals surface area contributed by atoms with Gasteiger partial charge >= 0.3 is 0 Å². The number of pyridine rings is 1. The van der Waals surface area contributed by atoms with E-state index in [-0.39, 0.29) is 17.1 Å². The molecule has 0 amide bonds. The van der Waals surface area contributed by atoms with E-state index in [1.807, 2.05) is 13.0 Å². The summed E-state index contributed by atoms with van der Waals surface area (Å²) in [5, 5.41) is 27.6. The molecule has 1 aromatic heterocycles. The Morgan fingerprint density at radius 2 is 2.12 bits per heavy atom. The van der Waals surface area contributed by atoms with E-state index < -0.39 is 5.56 Å². The fourth-order valence-electron chi connectivity index (χ4n) is 2.35. The van der Waals surface area contributed by atoms with Crippen LogP contribution in [0.4, 0.5) is 11.4 Å². The Balaban J connectivity index is 2.57. The summed E-state index contributed by atoms with van der Waals surface area (Å²) in [7, 11) is 0. The smallest absolute Gasteiger partial charge is 0.281 e. The number of unbranched alkanes of at least 4 members (excludes halogenated alkanes) is 1. The van der Waals surface area contributed by atoms with Crippen LogP contribution in [0.5, 0.6) is 5.88 Å². The third-order valence-electron chi connectivity index (χ3n) is 3.78. The number of rotatable bonds is 5. The maximum Gasteiger partial charge on any atom is 0.281 e. The molecular weight excluding hydrogens is 316 g/mol. The van der Waals surface area contributed by atoms with Gasteiger partial charge in [-0.05, 0) is 31.5 Å². The SMILES string of the molecule is C#Cc1cccc(N=Nc2c(C)c(C#N)c(O)n(CCCC)c2=O)c1. The molecule has 6 heteroatoms.